The first-order valence-corrected chi connectivity index (χ1v) is 12.1. The number of likely N-dealkylation sites (tertiary alicyclic amines) is 1. The van der Waals surface area contributed by atoms with Gasteiger partial charge < -0.3 is 24.7 Å². The summed E-state index contributed by atoms with van der Waals surface area (Å²) in [6.45, 7) is 3.95. The van der Waals surface area contributed by atoms with Gasteiger partial charge in [0.15, 0.2) is 0 Å². The van der Waals surface area contributed by atoms with E-state index in [2.05, 4.69) is 49.4 Å². The van der Waals surface area contributed by atoms with Crippen LogP contribution < -0.4 is 15.6 Å². The van der Waals surface area contributed by atoms with E-state index < -0.39 is 0 Å². The number of piperidine rings is 1. The third-order valence-electron chi connectivity index (χ3n) is 6.68. The summed E-state index contributed by atoms with van der Waals surface area (Å²) >= 11 is 0. The van der Waals surface area contributed by atoms with Gasteiger partial charge in [0.25, 0.3) is 5.56 Å². The van der Waals surface area contributed by atoms with Crippen LogP contribution in [-0.2, 0) is 4.74 Å². The van der Waals surface area contributed by atoms with E-state index in [0.29, 0.717) is 34.4 Å². The van der Waals surface area contributed by atoms with Gasteiger partial charge in [-0.05, 0) is 67.1 Å². The second-order valence-electron chi connectivity index (χ2n) is 8.93. The molecule has 0 bridgehead atoms. The van der Waals surface area contributed by atoms with Crippen LogP contribution in [0.15, 0.2) is 59.8 Å². The molecule has 0 radical (unpaired) electrons. The van der Waals surface area contributed by atoms with Crippen LogP contribution in [0.2, 0.25) is 0 Å². The normalized spacial score (nSPS) is 14.7. The summed E-state index contributed by atoms with van der Waals surface area (Å²) in [6, 6.07) is 12.1. The Morgan fingerprint density at radius 2 is 1.86 bits per heavy atom. The molecule has 0 atom stereocenters. The number of aromatic nitrogens is 4. The van der Waals surface area contributed by atoms with Crippen molar-refractivity contribution in [3.8, 4) is 17.3 Å². The molecule has 3 aromatic heterocycles. The minimum atomic E-state index is -0.206. The van der Waals surface area contributed by atoms with Crippen molar-refractivity contribution >= 4 is 22.3 Å². The molecule has 1 aromatic carbocycles. The molecule has 1 aliphatic heterocycles. The Morgan fingerprint density at radius 3 is 2.61 bits per heavy atom. The molecule has 0 saturated carbocycles. The maximum Gasteiger partial charge on any atom is 0.259 e. The van der Waals surface area contributed by atoms with Crippen molar-refractivity contribution in [1.29, 1.82) is 0 Å². The van der Waals surface area contributed by atoms with Gasteiger partial charge in [0, 0.05) is 25.5 Å². The van der Waals surface area contributed by atoms with Crippen LogP contribution in [0.4, 0.5) is 11.5 Å². The van der Waals surface area contributed by atoms with Gasteiger partial charge in [0.1, 0.15) is 11.5 Å². The van der Waals surface area contributed by atoms with Crippen molar-refractivity contribution in [1.82, 2.24) is 24.8 Å². The number of anilines is 2. The van der Waals surface area contributed by atoms with Gasteiger partial charge in [-0.25, -0.2) is 9.97 Å². The van der Waals surface area contributed by atoms with E-state index in [0.717, 1.165) is 50.2 Å². The lowest BCUT2D eigenvalue weighted by Crippen LogP contribution is -2.35. The number of aromatic amines is 1. The number of nitrogens with zero attached hydrogens (tertiary/aromatic N) is 4. The lowest BCUT2D eigenvalue weighted by Gasteiger charge is -2.32. The largest absolute Gasteiger partial charge is 0.480 e. The smallest absolute Gasteiger partial charge is 0.259 e. The van der Waals surface area contributed by atoms with Crippen molar-refractivity contribution in [2.75, 3.05) is 45.8 Å². The molecule has 2 N–H and O–H groups in total. The first-order chi connectivity index (χ1) is 17.6. The number of pyridine rings is 2. The van der Waals surface area contributed by atoms with Gasteiger partial charge in [-0.2, -0.15) is 0 Å². The fourth-order valence-corrected chi connectivity index (χ4v) is 4.69. The maximum atomic E-state index is 12.7. The molecule has 1 saturated heterocycles. The Morgan fingerprint density at radius 1 is 1.06 bits per heavy atom. The zero-order chi connectivity index (χ0) is 24.9. The molecule has 36 heavy (non-hydrogen) atoms. The summed E-state index contributed by atoms with van der Waals surface area (Å²) in [4.78, 5) is 31.3. The molecule has 9 heteroatoms. The van der Waals surface area contributed by atoms with E-state index in [1.54, 1.807) is 32.8 Å². The van der Waals surface area contributed by atoms with E-state index >= 15 is 0 Å². The topological polar surface area (TPSA) is 105 Å². The summed E-state index contributed by atoms with van der Waals surface area (Å²) in [6.07, 6.45) is 7.08. The average Bonchev–Trinajstić information content (AvgIpc) is 2.92. The van der Waals surface area contributed by atoms with Crippen LogP contribution in [0, 0.1) is 0 Å². The summed E-state index contributed by atoms with van der Waals surface area (Å²) in [7, 11) is 3.29. The fraction of sp³-hybridized carbons (Fsp3) is 0.333. The second kappa shape index (κ2) is 10.8. The van der Waals surface area contributed by atoms with E-state index in [4.69, 9.17) is 14.5 Å². The van der Waals surface area contributed by atoms with Gasteiger partial charge in [-0.3, -0.25) is 9.78 Å². The summed E-state index contributed by atoms with van der Waals surface area (Å²) < 4.78 is 10.4. The predicted molar refractivity (Wildman–Crippen MR) is 140 cm³/mol. The van der Waals surface area contributed by atoms with Crippen LogP contribution in [0.1, 0.15) is 24.3 Å². The van der Waals surface area contributed by atoms with E-state index in [1.807, 2.05) is 12.1 Å². The highest BCUT2D eigenvalue weighted by Gasteiger charge is 2.20. The van der Waals surface area contributed by atoms with Crippen molar-refractivity contribution in [3.05, 3.63) is 70.9 Å². The maximum absolute atomic E-state index is 12.7. The van der Waals surface area contributed by atoms with Crippen LogP contribution in [0.3, 0.4) is 0 Å². The van der Waals surface area contributed by atoms with Crippen molar-refractivity contribution < 1.29 is 9.47 Å². The molecule has 4 heterocycles. The molecule has 5 rings (SSSR count). The molecule has 1 aliphatic rings. The standard InChI is InChI=1S/C27H30N6O3/c1-35-14-13-33-11-8-19(9-12-33)18-3-5-21(6-4-18)30-26-25-20(7-10-29-27(25)34)15-22(32-26)23-16-28-17-24(31-23)36-2/h3-7,10,15-17,19H,8-9,11-14H2,1-2H3,(H,29,34)(H,30,32). The molecule has 186 valence electrons. The minimum absolute atomic E-state index is 0.206. The molecule has 0 spiro atoms. The predicted octanol–water partition coefficient (Wildman–Crippen LogP) is 3.96. The average molecular weight is 487 g/mol. The SMILES string of the molecule is COCCN1CCC(c2ccc(Nc3nc(-c4cncc(OC)n4)cc4cc[nH]c(=O)c34)cc2)CC1. The monoisotopic (exact) mass is 486 g/mol. The number of H-pyrrole nitrogens is 1. The van der Waals surface area contributed by atoms with Crippen molar-refractivity contribution in [2.45, 2.75) is 18.8 Å². The molecule has 0 aliphatic carbocycles. The molecular formula is C27H30N6O3. The Balaban J connectivity index is 1.39. The Hall–Kier alpha value is -3.82. The molecule has 1 fully saturated rings. The van der Waals surface area contributed by atoms with E-state index in [-0.39, 0.29) is 5.56 Å². The molecule has 0 amide bonds. The molecule has 0 unspecified atom stereocenters. The Labute approximate surface area is 209 Å². The van der Waals surface area contributed by atoms with E-state index in [9.17, 15) is 4.79 Å². The molecule has 9 nitrogen and oxygen atoms in total. The highest BCUT2D eigenvalue weighted by atomic mass is 16.5. The Kier molecular flexibility index (Phi) is 7.20. The number of rotatable bonds is 8. The zero-order valence-corrected chi connectivity index (χ0v) is 20.5. The molecular weight excluding hydrogens is 456 g/mol. The third-order valence-corrected chi connectivity index (χ3v) is 6.68. The van der Waals surface area contributed by atoms with E-state index in [1.165, 1.54) is 5.56 Å². The lowest BCUT2D eigenvalue weighted by molar-refractivity contribution is 0.130. The number of nitrogens with one attached hydrogen (secondary N) is 2. The number of benzene rings is 1. The highest BCUT2D eigenvalue weighted by Crippen LogP contribution is 2.31. The van der Waals surface area contributed by atoms with Crippen molar-refractivity contribution in [2.24, 2.45) is 0 Å². The third kappa shape index (κ3) is 5.22. The van der Waals surface area contributed by atoms with Crippen LogP contribution in [0.5, 0.6) is 5.88 Å². The minimum Gasteiger partial charge on any atom is -0.480 e. The van der Waals surface area contributed by atoms with Crippen molar-refractivity contribution in [3.63, 3.8) is 0 Å². The van der Waals surface area contributed by atoms with Gasteiger partial charge in [0.2, 0.25) is 5.88 Å². The zero-order valence-electron chi connectivity index (χ0n) is 20.5. The van der Waals surface area contributed by atoms with Crippen LogP contribution in [-0.4, -0.2) is 65.3 Å². The number of hydrogen-bond acceptors (Lipinski definition) is 8. The molecule has 4 aromatic rings. The van der Waals surface area contributed by atoms with Gasteiger partial charge in [0.05, 0.1) is 37.2 Å². The highest BCUT2D eigenvalue weighted by molar-refractivity contribution is 5.94. The second-order valence-corrected chi connectivity index (χ2v) is 8.93. The Bertz CT molecular complexity index is 1380. The lowest BCUT2D eigenvalue weighted by atomic mass is 9.89. The number of fused-ring (bicyclic) bond motifs is 1. The summed E-state index contributed by atoms with van der Waals surface area (Å²) in [5.41, 5.74) is 3.15. The fourth-order valence-electron chi connectivity index (χ4n) is 4.69. The van der Waals surface area contributed by atoms with Crippen LogP contribution >= 0.6 is 0 Å². The number of ether oxygens (including phenoxy) is 2. The first kappa shape index (κ1) is 23.9. The summed E-state index contributed by atoms with van der Waals surface area (Å²) in [5.74, 6) is 1.41. The first-order valence-electron chi connectivity index (χ1n) is 12.1. The number of methoxy groups -OCH3 is 2. The number of hydrogen-bond donors (Lipinski definition) is 2. The quantitative estimate of drug-likeness (QED) is 0.386. The summed E-state index contributed by atoms with van der Waals surface area (Å²) in [5, 5.41) is 4.60. The van der Waals surface area contributed by atoms with Gasteiger partial charge in [-0.15, -0.1) is 0 Å². The van der Waals surface area contributed by atoms with Gasteiger partial charge >= 0.3 is 0 Å². The van der Waals surface area contributed by atoms with Crippen LogP contribution in [0.25, 0.3) is 22.2 Å². The van der Waals surface area contributed by atoms with Gasteiger partial charge in [-0.1, -0.05) is 12.1 Å².